The number of aliphatic carboxylic acids is 1. The quantitative estimate of drug-likeness (QED) is 0.370. The maximum Gasteiger partial charge on any atom is 0.328 e. The van der Waals surface area contributed by atoms with E-state index >= 15 is 0 Å². The van der Waals surface area contributed by atoms with Gasteiger partial charge in [0.25, 0.3) is 5.91 Å². The zero-order valence-corrected chi connectivity index (χ0v) is 15.3. The number of hydrogen-bond donors (Lipinski definition) is 3. The Hall–Kier alpha value is 0.310. The van der Waals surface area contributed by atoms with Crippen LogP contribution in [0, 0.1) is 10.7 Å². The van der Waals surface area contributed by atoms with Crippen LogP contribution in [0.3, 0.4) is 0 Å². The van der Waals surface area contributed by atoms with Gasteiger partial charge in [0.2, 0.25) is 0 Å². The number of carbonyl (C=O) groups is 2. The number of aliphatic hydroxyl groups excluding tert-OH is 1. The van der Waals surface area contributed by atoms with Crippen LogP contribution >= 0.6 is 67.8 Å². The van der Waals surface area contributed by atoms with Gasteiger partial charge in [-0.05, 0) is 79.9 Å². The van der Waals surface area contributed by atoms with Crippen molar-refractivity contribution in [3.8, 4) is 0 Å². The lowest BCUT2D eigenvalue weighted by atomic mass is 10.2. The molecule has 0 radical (unpaired) electrons. The number of hydrogen-bond acceptors (Lipinski definition) is 3. The molecule has 0 aliphatic rings. The first-order chi connectivity index (χ1) is 8.36. The molecule has 1 rings (SSSR count). The fraction of sp³-hybridized carbons (Fsp3) is 0.200. The van der Waals surface area contributed by atoms with Gasteiger partial charge in [-0.3, -0.25) is 4.79 Å². The van der Waals surface area contributed by atoms with Crippen LogP contribution in [0.4, 0.5) is 0 Å². The summed E-state index contributed by atoms with van der Waals surface area (Å²) in [5, 5.41) is 19.9. The van der Waals surface area contributed by atoms with Crippen molar-refractivity contribution in [3.63, 3.8) is 0 Å². The highest BCUT2D eigenvalue weighted by Crippen LogP contribution is 2.22. The molecule has 0 aliphatic carbocycles. The molecule has 0 spiro atoms. The van der Waals surface area contributed by atoms with Crippen LogP contribution in [0.25, 0.3) is 0 Å². The number of halogens is 3. The Morgan fingerprint density at radius 3 is 2.39 bits per heavy atom. The largest absolute Gasteiger partial charge is 0.480 e. The molecule has 5 nitrogen and oxygen atoms in total. The number of benzene rings is 1. The van der Waals surface area contributed by atoms with E-state index in [0.717, 1.165) is 10.7 Å². The Morgan fingerprint density at radius 1 is 1.28 bits per heavy atom. The molecule has 8 heteroatoms. The highest BCUT2D eigenvalue weighted by Gasteiger charge is 2.21. The van der Waals surface area contributed by atoms with Crippen molar-refractivity contribution in [1.82, 2.24) is 5.32 Å². The number of carbonyl (C=O) groups excluding carboxylic acids is 1. The minimum Gasteiger partial charge on any atom is -0.480 e. The van der Waals surface area contributed by atoms with Crippen molar-refractivity contribution in [3.05, 3.63) is 28.4 Å². The van der Waals surface area contributed by atoms with Gasteiger partial charge in [0.05, 0.1) is 12.2 Å². The van der Waals surface area contributed by atoms with Gasteiger partial charge in [-0.1, -0.05) is 0 Å². The van der Waals surface area contributed by atoms with E-state index in [2.05, 4.69) is 50.5 Å². The molecule has 0 unspecified atom stereocenters. The van der Waals surface area contributed by atoms with Gasteiger partial charge in [0, 0.05) is 10.7 Å². The first-order valence-corrected chi connectivity index (χ1v) is 7.89. The van der Waals surface area contributed by atoms with E-state index in [1.54, 1.807) is 6.07 Å². The second kappa shape index (κ2) is 7.19. The van der Waals surface area contributed by atoms with Crippen LogP contribution in [0.15, 0.2) is 12.1 Å². The SMILES string of the molecule is O=C(N[C@@H](CO)C(=O)O)c1cc(I)cc(I)c1I. The van der Waals surface area contributed by atoms with Gasteiger partial charge in [0.1, 0.15) is 0 Å². The minimum atomic E-state index is -1.29. The summed E-state index contributed by atoms with van der Waals surface area (Å²) in [7, 11) is 0. The molecule has 1 aromatic rings. The van der Waals surface area contributed by atoms with Crippen molar-refractivity contribution < 1.29 is 19.8 Å². The molecule has 0 fully saturated rings. The number of nitrogens with one attached hydrogen (secondary N) is 1. The summed E-state index contributed by atoms with van der Waals surface area (Å²) in [4.78, 5) is 22.7. The summed E-state index contributed by atoms with van der Waals surface area (Å²) >= 11 is 6.22. The summed E-state index contributed by atoms with van der Waals surface area (Å²) in [6.45, 7) is -0.640. The summed E-state index contributed by atoms with van der Waals surface area (Å²) < 4.78 is 2.56. The number of aliphatic hydroxyl groups is 1. The van der Waals surface area contributed by atoms with Crippen LogP contribution in [0.1, 0.15) is 10.4 Å². The highest BCUT2D eigenvalue weighted by atomic mass is 127. The minimum absolute atomic E-state index is 0.409. The van der Waals surface area contributed by atoms with Crippen LogP contribution in [0.2, 0.25) is 0 Å². The highest BCUT2D eigenvalue weighted by molar-refractivity contribution is 14.1. The number of rotatable bonds is 4. The topological polar surface area (TPSA) is 86.6 Å². The molecular weight excluding hydrogens is 579 g/mol. The van der Waals surface area contributed by atoms with E-state index in [1.807, 2.05) is 28.7 Å². The predicted molar refractivity (Wildman–Crippen MR) is 90.6 cm³/mol. The lowest BCUT2D eigenvalue weighted by molar-refractivity contribution is -0.140. The zero-order valence-electron chi connectivity index (χ0n) is 8.78. The molecule has 0 aliphatic heterocycles. The van der Waals surface area contributed by atoms with E-state index in [1.165, 1.54) is 0 Å². The molecule has 98 valence electrons. The molecule has 0 saturated carbocycles. The Morgan fingerprint density at radius 2 is 1.89 bits per heavy atom. The second-order valence-corrected chi connectivity index (χ2v) is 6.78. The Balaban J connectivity index is 3.01. The van der Waals surface area contributed by atoms with Gasteiger partial charge >= 0.3 is 5.97 Å². The predicted octanol–water partition coefficient (Wildman–Crippen LogP) is 1.68. The smallest absolute Gasteiger partial charge is 0.328 e. The molecule has 1 atom stereocenters. The third kappa shape index (κ3) is 4.16. The Bertz CT molecular complexity index is 492. The summed E-state index contributed by atoms with van der Waals surface area (Å²) in [5.41, 5.74) is 0.409. The van der Waals surface area contributed by atoms with Gasteiger partial charge in [-0.15, -0.1) is 0 Å². The molecule has 0 heterocycles. The molecule has 0 saturated heterocycles. The van der Waals surface area contributed by atoms with E-state index in [9.17, 15) is 9.59 Å². The average Bonchev–Trinajstić information content (AvgIpc) is 2.29. The molecule has 0 aromatic heterocycles. The molecule has 0 bridgehead atoms. The van der Waals surface area contributed by atoms with E-state index in [4.69, 9.17) is 10.2 Å². The number of carboxylic acids is 1. The fourth-order valence-corrected chi connectivity index (χ4v) is 3.54. The Kier molecular flexibility index (Phi) is 6.54. The normalized spacial score (nSPS) is 12.0. The van der Waals surface area contributed by atoms with Crippen molar-refractivity contribution in [2.75, 3.05) is 6.61 Å². The third-order valence-corrected chi connectivity index (χ3v) is 5.69. The van der Waals surface area contributed by atoms with Crippen molar-refractivity contribution in [1.29, 1.82) is 0 Å². The lowest BCUT2D eigenvalue weighted by Crippen LogP contribution is -2.43. The summed E-state index contributed by atoms with van der Waals surface area (Å²) in [5.74, 6) is -1.77. The monoisotopic (exact) mass is 587 g/mol. The first kappa shape index (κ1) is 16.4. The number of carboxylic acid groups (broad SMARTS) is 1. The molecular formula is C10H8I3NO4. The maximum absolute atomic E-state index is 11.9. The maximum atomic E-state index is 11.9. The van der Waals surface area contributed by atoms with Crippen molar-refractivity contribution in [2.45, 2.75) is 6.04 Å². The van der Waals surface area contributed by atoms with Gasteiger partial charge < -0.3 is 15.5 Å². The average molecular weight is 587 g/mol. The van der Waals surface area contributed by atoms with Crippen molar-refractivity contribution in [2.24, 2.45) is 0 Å². The van der Waals surface area contributed by atoms with Crippen LogP contribution in [-0.4, -0.2) is 34.7 Å². The first-order valence-electron chi connectivity index (χ1n) is 4.66. The van der Waals surface area contributed by atoms with Crippen molar-refractivity contribution >= 4 is 79.6 Å². The Labute approximate surface area is 144 Å². The van der Waals surface area contributed by atoms with E-state index in [0.29, 0.717) is 5.56 Å². The van der Waals surface area contributed by atoms with Gasteiger partial charge in [0.15, 0.2) is 6.04 Å². The molecule has 1 aromatic carbocycles. The lowest BCUT2D eigenvalue weighted by Gasteiger charge is -2.13. The van der Waals surface area contributed by atoms with Crippen LogP contribution in [0.5, 0.6) is 0 Å². The molecule has 18 heavy (non-hydrogen) atoms. The van der Waals surface area contributed by atoms with E-state index in [-0.39, 0.29) is 0 Å². The van der Waals surface area contributed by atoms with Crippen LogP contribution in [-0.2, 0) is 4.79 Å². The standard InChI is InChI=1S/C10H8I3NO4/c11-4-1-5(8(13)6(12)2-4)9(16)14-7(3-15)10(17)18/h1-2,7,15H,3H2,(H,14,16)(H,17,18)/t7-/m0/s1. The molecule has 1 amide bonds. The number of amides is 1. The second-order valence-electron chi connectivity index (χ2n) is 3.30. The zero-order chi connectivity index (χ0) is 13.9. The summed E-state index contributed by atoms with van der Waals surface area (Å²) in [6.07, 6.45) is 0. The van der Waals surface area contributed by atoms with Crippen LogP contribution < -0.4 is 5.32 Å². The van der Waals surface area contributed by atoms with Gasteiger partial charge in [-0.2, -0.15) is 0 Å². The van der Waals surface area contributed by atoms with E-state index < -0.39 is 24.5 Å². The third-order valence-electron chi connectivity index (χ3n) is 2.02. The summed E-state index contributed by atoms with van der Waals surface area (Å²) in [6, 6.07) is 2.31. The molecule has 3 N–H and O–H groups in total. The fourth-order valence-electron chi connectivity index (χ4n) is 1.14. The van der Waals surface area contributed by atoms with Gasteiger partial charge in [-0.25, -0.2) is 4.79 Å².